The van der Waals surface area contributed by atoms with Crippen LogP contribution in [0.5, 0.6) is 5.75 Å². The minimum absolute atomic E-state index is 0.0920. The Balaban J connectivity index is 2.23. The van der Waals surface area contributed by atoms with Gasteiger partial charge in [0.2, 0.25) is 0 Å². The first-order valence-electron chi connectivity index (χ1n) is 7.81. The molecule has 4 heteroatoms. The van der Waals surface area contributed by atoms with Crippen LogP contribution < -0.4 is 4.74 Å². The number of ether oxygens (including phenoxy) is 1. The molecule has 4 nitrogen and oxygen atoms in total. The third-order valence-corrected chi connectivity index (χ3v) is 4.08. The molecule has 21 heavy (non-hydrogen) atoms. The normalized spacial score (nSPS) is 23.0. The molecule has 1 aromatic carbocycles. The van der Waals surface area contributed by atoms with Gasteiger partial charge >= 0.3 is 0 Å². The number of hydrogen-bond acceptors (Lipinski definition) is 4. The highest BCUT2D eigenvalue weighted by Gasteiger charge is 2.30. The van der Waals surface area contributed by atoms with Gasteiger partial charge in [-0.1, -0.05) is 18.2 Å². The molecule has 2 atom stereocenters. The number of likely N-dealkylation sites (N-methyl/N-ethyl adjacent to an activating group) is 2. The van der Waals surface area contributed by atoms with Crippen LogP contribution in [0.1, 0.15) is 31.9 Å². The molecule has 1 fully saturated rings. The van der Waals surface area contributed by atoms with Gasteiger partial charge in [-0.2, -0.15) is 0 Å². The maximum atomic E-state index is 10.9. The second kappa shape index (κ2) is 7.25. The van der Waals surface area contributed by atoms with E-state index in [4.69, 9.17) is 4.74 Å². The van der Waals surface area contributed by atoms with Crippen molar-refractivity contribution in [2.75, 3.05) is 33.7 Å². The van der Waals surface area contributed by atoms with Crippen LogP contribution >= 0.6 is 0 Å². The maximum Gasteiger partial charge on any atom is 0.125 e. The zero-order valence-electron chi connectivity index (χ0n) is 13.6. The molecule has 0 amide bonds. The molecule has 0 radical (unpaired) electrons. The predicted molar refractivity (Wildman–Crippen MR) is 85.7 cm³/mol. The zero-order valence-corrected chi connectivity index (χ0v) is 13.6. The fourth-order valence-corrected chi connectivity index (χ4v) is 2.94. The van der Waals surface area contributed by atoms with Crippen molar-refractivity contribution in [1.29, 1.82) is 0 Å². The maximum absolute atomic E-state index is 10.9. The van der Waals surface area contributed by atoms with E-state index in [0.29, 0.717) is 0 Å². The molecule has 2 unspecified atom stereocenters. The van der Waals surface area contributed by atoms with Crippen LogP contribution in [0.2, 0.25) is 0 Å². The predicted octanol–water partition coefficient (Wildman–Crippen LogP) is 2.14. The summed E-state index contributed by atoms with van der Waals surface area (Å²) in [6, 6.07) is 7.93. The fourth-order valence-electron chi connectivity index (χ4n) is 2.94. The molecule has 1 saturated heterocycles. The van der Waals surface area contributed by atoms with Gasteiger partial charge in [0, 0.05) is 12.1 Å². The molecule has 0 saturated carbocycles. The number of aliphatic hydroxyl groups is 1. The second-order valence-corrected chi connectivity index (χ2v) is 6.31. The van der Waals surface area contributed by atoms with Gasteiger partial charge in [-0.25, -0.2) is 0 Å². The van der Waals surface area contributed by atoms with Crippen LogP contribution in [0.15, 0.2) is 24.3 Å². The van der Waals surface area contributed by atoms with Gasteiger partial charge < -0.3 is 14.7 Å². The molecular weight excluding hydrogens is 264 g/mol. The van der Waals surface area contributed by atoms with Crippen LogP contribution in [-0.4, -0.2) is 60.8 Å². The first-order chi connectivity index (χ1) is 9.99. The molecule has 1 N–H and O–H groups in total. The molecule has 2 rings (SSSR count). The van der Waals surface area contributed by atoms with E-state index >= 15 is 0 Å². The molecular formula is C17H28N2O2. The topological polar surface area (TPSA) is 35.9 Å². The fraction of sp³-hybridized carbons (Fsp3) is 0.647. The molecule has 1 aromatic rings. The Morgan fingerprint density at radius 3 is 2.62 bits per heavy atom. The summed E-state index contributed by atoms with van der Waals surface area (Å²) in [5, 5.41) is 10.9. The van der Waals surface area contributed by atoms with Crippen molar-refractivity contribution in [3.8, 4) is 5.75 Å². The van der Waals surface area contributed by atoms with Crippen molar-refractivity contribution >= 4 is 0 Å². The van der Waals surface area contributed by atoms with Crippen LogP contribution in [0, 0.1) is 0 Å². The summed E-state index contributed by atoms with van der Waals surface area (Å²) < 4.78 is 5.86. The summed E-state index contributed by atoms with van der Waals surface area (Å²) in [6.45, 7) is 6.98. The molecule has 1 aliphatic rings. The summed E-state index contributed by atoms with van der Waals surface area (Å²) in [4.78, 5) is 4.56. The SMILES string of the molecule is CC(C)Oc1ccccc1C(O)C1CN(C)CCCN1C. The van der Waals surface area contributed by atoms with Crippen LogP contribution in [-0.2, 0) is 0 Å². The lowest BCUT2D eigenvalue weighted by Gasteiger charge is -2.32. The largest absolute Gasteiger partial charge is 0.491 e. The summed E-state index contributed by atoms with van der Waals surface area (Å²) in [6.07, 6.45) is 0.707. The molecule has 118 valence electrons. The van der Waals surface area contributed by atoms with Crippen LogP contribution in [0.4, 0.5) is 0 Å². The van der Waals surface area contributed by atoms with Crippen LogP contribution in [0.25, 0.3) is 0 Å². The van der Waals surface area contributed by atoms with Gasteiger partial charge in [-0.15, -0.1) is 0 Å². The summed E-state index contributed by atoms with van der Waals surface area (Å²) in [7, 11) is 4.22. The van der Waals surface area contributed by atoms with Gasteiger partial charge in [0.15, 0.2) is 0 Å². The number of hydrogen-bond donors (Lipinski definition) is 1. The average molecular weight is 292 g/mol. The van der Waals surface area contributed by atoms with E-state index in [1.54, 1.807) is 0 Å². The smallest absolute Gasteiger partial charge is 0.125 e. The average Bonchev–Trinajstić information content (AvgIpc) is 2.59. The Hall–Kier alpha value is -1.10. The van der Waals surface area contributed by atoms with E-state index < -0.39 is 6.10 Å². The minimum Gasteiger partial charge on any atom is -0.491 e. The van der Waals surface area contributed by atoms with Crippen molar-refractivity contribution in [3.63, 3.8) is 0 Å². The van der Waals surface area contributed by atoms with Gasteiger partial charge in [0.1, 0.15) is 5.75 Å². The van der Waals surface area contributed by atoms with E-state index in [0.717, 1.165) is 37.4 Å². The number of nitrogens with zero attached hydrogens (tertiary/aromatic N) is 2. The summed E-state index contributed by atoms with van der Waals surface area (Å²) >= 11 is 0. The standard InChI is InChI=1S/C17H28N2O2/c1-13(2)21-16-9-6-5-8-14(16)17(20)15-12-18(3)10-7-11-19(15)4/h5-6,8-9,13,15,17,20H,7,10-12H2,1-4H3. The first kappa shape index (κ1) is 16.3. The van der Waals surface area contributed by atoms with Crippen LogP contribution in [0.3, 0.4) is 0 Å². The molecule has 1 heterocycles. The molecule has 0 spiro atoms. The molecule has 0 aromatic heterocycles. The minimum atomic E-state index is -0.537. The van der Waals surface area contributed by atoms with E-state index in [1.807, 2.05) is 38.1 Å². The Kier molecular flexibility index (Phi) is 5.62. The lowest BCUT2D eigenvalue weighted by molar-refractivity contribution is 0.0542. The number of para-hydroxylation sites is 1. The summed E-state index contributed by atoms with van der Waals surface area (Å²) in [5.41, 5.74) is 0.887. The molecule has 0 aliphatic carbocycles. The van der Waals surface area contributed by atoms with Crippen molar-refractivity contribution in [3.05, 3.63) is 29.8 Å². The number of rotatable bonds is 4. The van der Waals surface area contributed by atoms with E-state index in [1.165, 1.54) is 0 Å². The zero-order chi connectivity index (χ0) is 15.4. The van der Waals surface area contributed by atoms with Gasteiger partial charge in [0.25, 0.3) is 0 Å². The first-order valence-corrected chi connectivity index (χ1v) is 7.81. The Labute approximate surface area is 128 Å². The third-order valence-electron chi connectivity index (χ3n) is 4.08. The lowest BCUT2D eigenvalue weighted by atomic mass is 10.00. The molecule has 0 bridgehead atoms. The van der Waals surface area contributed by atoms with Crippen molar-refractivity contribution in [2.45, 2.75) is 38.5 Å². The second-order valence-electron chi connectivity index (χ2n) is 6.31. The van der Waals surface area contributed by atoms with Crippen molar-refractivity contribution in [2.24, 2.45) is 0 Å². The Bertz CT molecular complexity index is 450. The Morgan fingerprint density at radius 2 is 1.90 bits per heavy atom. The molecule has 1 aliphatic heterocycles. The number of aliphatic hydroxyl groups excluding tert-OH is 1. The number of benzene rings is 1. The summed E-state index contributed by atoms with van der Waals surface area (Å²) in [5.74, 6) is 0.792. The highest BCUT2D eigenvalue weighted by Crippen LogP contribution is 2.30. The van der Waals surface area contributed by atoms with E-state index in [2.05, 4.69) is 23.9 Å². The van der Waals surface area contributed by atoms with Gasteiger partial charge in [-0.3, -0.25) is 4.90 Å². The van der Waals surface area contributed by atoms with E-state index in [9.17, 15) is 5.11 Å². The van der Waals surface area contributed by atoms with Crippen molar-refractivity contribution < 1.29 is 9.84 Å². The third kappa shape index (κ3) is 4.19. The lowest BCUT2D eigenvalue weighted by Crippen LogP contribution is -2.42. The van der Waals surface area contributed by atoms with Crippen molar-refractivity contribution in [1.82, 2.24) is 9.80 Å². The van der Waals surface area contributed by atoms with E-state index in [-0.39, 0.29) is 12.1 Å². The quantitative estimate of drug-likeness (QED) is 0.922. The highest BCUT2D eigenvalue weighted by atomic mass is 16.5. The Morgan fingerprint density at radius 1 is 1.19 bits per heavy atom. The highest BCUT2D eigenvalue weighted by molar-refractivity contribution is 5.36. The van der Waals surface area contributed by atoms with Gasteiger partial charge in [-0.05, 0) is 53.5 Å². The van der Waals surface area contributed by atoms with Gasteiger partial charge in [0.05, 0.1) is 18.2 Å². The monoisotopic (exact) mass is 292 g/mol.